The molecule has 2 heterocycles. The molecule has 1 aliphatic rings. The highest BCUT2D eigenvalue weighted by molar-refractivity contribution is 5.51. The van der Waals surface area contributed by atoms with E-state index >= 15 is 0 Å². The molecule has 0 saturated carbocycles. The molecule has 1 saturated heterocycles. The molecule has 1 aromatic heterocycles. The fourth-order valence-electron chi connectivity index (χ4n) is 3.19. The molecule has 5 heteroatoms. The molecule has 5 nitrogen and oxygen atoms in total. The van der Waals surface area contributed by atoms with Gasteiger partial charge in [-0.25, -0.2) is 4.68 Å². The summed E-state index contributed by atoms with van der Waals surface area (Å²) in [7, 11) is 0. The first-order chi connectivity index (χ1) is 10.7. The molecular weight excluding hydrogens is 274 g/mol. The maximum Gasteiger partial charge on any atom is 0.100 e. The lowest BCUT2D eigenvalue weighted by Crippen LogP contribution is -2.29. The second-order valence-electron chi connectivity index (χ2n) is 6.26. The zero-order chi connectivity index (χ0) is 15.5. The van der Waals surface area contributed by atoms with Crippen LogP contribution in [0.5, 0.6) is 0 Å². The molecule has 0 bridgehead atoms. The van der Waals surface area contributed by atoms with Crippen molar-refractivity contribution >= 4 is 5.69 Å². The van der Waals surface area contributed by atoms with E-state index in [1.165, 1.54) is 24.9 Å². The van der Waals surface area contributed by atoms with E-state index in [0.717, 1.165) is 30.2 Å². The van der Waals surface area contributed by atoms with E-state index in [2.05, 4.69) is 53.3 Å². The van der Waals surface area contributed by atoms with E-state index in [0.29, 0.717) is 12.5 Å². The summed E-state index contributed by atoms with van der Waals surface area (Å²) in [5.74, 6) is 0.343. The molecule has 3 rings (SSSR count). The Morgan fingerprint density at radius 3 is 2.27 bits per heavy atom. The van der Waals surface area contributed by atoms with Gasteiger partial charge in [0, 0.05) is 25.3 Å². The Hall–Kier alpha value is -1.88. The number of rotatable bonds is 4. The normalized spacial score (nSPS) is 15.5. The van der Waals surface area contributed by atoms with Crippen LogP contribution in [0.1, 0.15) is 50.4 Å². The van der Waals surface area contributed by atoms with Gasteiger partial charge in [-0.3, -0.25) is 0 Å². The van der Waals surface area contributed by atoms with Gasteiger partial charge < -0.3 is 10.6 Å². The molecule has 0 radical (unpaired) electrons. The Bertz CT molecular complexity index is 608. The van der Waals surface area contributed by atoms with Crippen LogP contribution in [0.2, 0.25) is 0 Å². The summed E-state index contributed by atoms with van der Waals surface area (Å²) < 4.78 is 1.92. The van der Waals surface area contributed by atoms with E-state index in [1.54, 1.807) is 0 Å². The number of hydrogen-bond acceptors (Lipinski definition) is 4. The lowest BCUT2D eigenvalue weighted by molar-refractivity contribution is 0.578. The standard InChI is InChI=1S/C17H25N5/c1-13(2)17-16(12-18)19-20-22(17)15-8-6-14(7-9-15)21-10-4-3-5-11-21/h6-9,13H,3-5,10-12,18H2,1-2H3. The maximum atomic E-state index is 5.78. The number of nitrogens with zero attached hydrogens (tertiary/aromatic N) is 4. The van der Waals surface area contributed by atoms with Crippen molar-refractivity contribution in [1.29, 1.82) is 0 Å². The fraction of sp³-hybridized carbons (Fsp3) is 0.529. The van der Waals surface area contributed by atoms with Gasteiger partial charge in [-0.1, -0.05) is 19.1 Å². The van der Waals surface area contributed by atoms with Crippen molar-refractivity contribution in [2.45, 2.75) is 45.6 Å². The zero-order valence-corrected chi connectivity index (χ0v) is 13.5. The lowest BCUT2D eigenvalue weighted by Gasteiger charge is -2.28. The Labute approximate surface area is 132 Å². The van der Waals surface area contributed by atoms with Crippen LogP contribution in [0.15, 0.2) is 24.3 Å². The zero-order valence-electron chi connectivity index (χ0n) is 13.5. The van der Waals surface area contributed by atoms with Crippen LogP contribution < -0.4 is 10.6 Å². The van der Waals surface area contributed by atoms with E-state index in [9.17, 15) is 0 Å². The minimum Gasteiger partial charge on any atom is -0.372 e. The Balaban J connectivity index is 1.88. The molecule has 1 aliphatic heterocycles. The van der Waals surface area contributed by atoms with Gasteiger partial charge in [-0.2, -0.15) is 0 Å². The van der Waals surface area contributed by atoms with Gasteiger partial charge in [-0.05, 0) is 49.4 Å². The molecule has 0 unspecified atom stereocenters. The lowest BCUT2D eigenvalue weighted by atomic mass is 10.1. The van der Waals surface area contributed by atoms with Gasteiger partial charge in [0.1, 0.15) is 5.69 Å². The summed E-state index contributed by atoms with van der Waals surface area (Å²) in [4.78, 5) is 2.46. The summed E-state index contributed by atoms with van der Waals surface area (Å²) in [6.45, 7) is 7.06. The van der Waals surface area contributed by atoms with E-state index in [-0.39, 0.29) is 0 Å². The first-order valence-corrected chi connectivity index (χ1v) is 8.20. The maximum absolute atomic E-state index is 5.78. The average molecular weight is 299 g/mol. The molecule has 118 valence electrons. The van der Waals surface area contributed by atoms with Crippen LogP contribution in [-0.2, 0) is 6.54 Å². The van der Waals surface area contributed by atoms with Crippen LogP contribution in [0.3, 0.4) is 0 Å². The summed E-state index contributed by atoms with van der Waals surface area (Å²) in [6, 6.07) is 8.64. The quantitative estimate of drug-likeness (QED) is 0.943. The Morgan fingerprint density at radius 2 is 1.68 bits per heavy atom. The molecule has 1 aromatic carbocycles. The molecule has 1 fully saturated rings. The third-order valence-corrected chi connectivity index (χ3v) is 4.33. The van der Waals surface area contributed by atoms with Crippen molar-refractivity contribution in [2.75, 3.05) is 18.0 Å². The largest absolute Gasteiger partial charge is 0.372 e. The molecule has 2 aromatic rings. The van der Waals surface area contributed by atoms with Gasteiger partial charge in [0.15, 0.2) is 0 Å². The molecule has 0 spiro atoms. The minimum absolute atomic E-state index is 0.343. The monoisotopic (exact) mass is 299 g/mol. The average Bonchev–Trinajstić information content (AvgIpc) is 3.00. The van der Waals surface area contributed by atoms with E-state index in [1.807, 2.05) is 4.68 Å². The second kappa shape index (κ2) is 6.48. The van der Waals surface area contributed by atoms with Gasteiger partial charge in [0.2, 0.25) is 0 Å². The van der Waals surface area contributed by atoms with Crippen LogP contribution in [0.25, 0.3) is 5.69 Å². The third kappa shape index (κ3) is 2.86. The predicted molar refractivity (Wildman–Crippen MR) is 89.4 cm³/mol. The van der Waals surface area contributed by atoms with E-state index in [4.69, 9.17) is 5.73 Å². The fourth-order valence-corrected chi connectivity index (χ4v) is 3.19. The summed E-state index contributed by atoms with van der Waals surface area (Å²) in [5.41, 5.74) is 10.1. The van der Waals surface area contributed by atoms with Crippen LogP contribution in [0, 0.1) is 0 Å². The topological polar surface area (TPSA) is 60.0 Å². The number of hydrogen-bond donors (Lipinski definition) is 1. The molecule has 0 atom stereocenters. The first kappa shape index (κ1) is 15.0. The number of benzene rings is 1. The first-order valence-electron chi connectivity index (χ1n) is 8.20. The SMILES string of the molecule is CC(C)c1c(CN)nnn1-c1ccc(N2CCCCC2)cc1. The minimum atomic E-state index is 0.343. The molecule has 2 N–H and O–H groups in total. The molecular formula is C17H25N5. The number of piperidine rings is 1. The highest BCUT2D eigenvalue weighted by Crippen LogP contribution is 2.24. The van der Waals surface area contributed by atoms with Crippen molar-refractivity contribution < 1.29 is 0 Å². The van der Waals surface area contributed by atoms with E-state index < -0.39 is 0 Å². The highest BCUT2D eigenvalue weighted by Gasteiger charge is 2.17. The molecule has 0 aliphatic carbocycles. The highest BCUT2D eigenvalue weighted by atomic mass is 15.4. The van der Waals surface area contributed by atoms with Crippen LogP contribution >= 0.6 is 0 Å². The summed E-state index contributed by atoms with van der Waals surface area (Å²) in [5, 5.41) is 8.52. The second-order valence-corrected chi connectivity index (χ2v) is 6.26. The van der Waals surface area contributed by atoms with Crippen LogP contribution in [-0.4, -0.2) is 28.1 Å². The van der Waals surface area contributed by atoms with Gasteiger partial charge in [0.25, 0.3) is 0 Å². The predicted octanol–water partition coefficient (Wildman–Crippen LogP) is 2.84. The van der Waals surface area contributed by atoms with Gasteiger partial charge in [0.05, 0.1) is 11.4 Å². The van der Waals surface area contributed by atoms with Gasteiger partial charge in [-0.15, -0.1) is 5.10 Å². The molecule has 22 heavy (non-hydrogen) atoms. The van der Waals surface area contributed by atoms with Crippen molar-refractivity contribution in [3.05, 3.63) is 35.7 Å². The smallest absolute Gasteiger partial charge is 0.100 e. The Kier molecular flexibility index (Phi) is 4.43. The summed E-state index contributed by atoms with van der Waals surface area (Å²) in [6.07, 6.45) is 3.94. The number of anilines is 1. The van der Waals surface area contributed by atoms with Crippen molar-refractivity contribution in [2.24, 2.45) is 5.73 Å². The summed E-state index contributed by atoms with van der Waals surface area (Å²) >= 11 is 0. The number of nitrogens with two attached hydrogens (primary N) is 1. The van der Waals surface area contributed by atoms with Crippen LogP contribution in [0.4, 0.5) is 5.69 Å². The molecule has 0 amide bonds. The van der Waals surface area contributed by atoms with Crippen molar-refractivity contribution in [3.8, 4) is 5.69 Å². The van der Waals surface area contributed by atoms with Gasteiger partial charge >= 0.3 is 0 Å². The van der Waals surface area contributed by atoms with Crippen molar-refractivity contribution in [3.63, 3.8) is 0 Å². The Morgan fingerprint density at radius 1 is 1.05 bits per heavy atom. The third-order valence-electron chi connectivity index (χ3n) is 4.33. The number of aromatic nitrogens is 3. The van der Waals surface area contributed by atoms with Crippen molar-refractivity contribution in [1.82, 2.24) is 15.0 Å².